The third-order valence-electron chi connectivity index (χ3n) is 7.01. The highest BCUT2D eigenvalue weighted by atomic mass is 16.5. The molecule has 2 N–H and O–H groups in total. The van der Waals surface area contributed by atoms with Gasteiger partial charge >= 0.3 is 0 Å². The molecule has 4 rings (SSSR count). The van der Waals surface area contributed by atoms with Crippen LogP contribution in [-0.4, -0.2) is 29.0 Å². The predicted molar refractivity (Wildman–Crippen MR) is 112 cm³/mol. The number of ether oxygens (including phenoxy) is 1. The molecular formula is C25H34O3. The Morgan fingerprint density at radius 1 is 1.14 bits per heavy atom. The first-order valence-electron chi connectivity index (χ1n) is 10.9. The Kier molecular flexibility index (Phi) is 5.78. The lowest BCUT2D eigenvalue weighted by atomic mass is 9.80. The number of allylic oxidation sites excluding steroid dienone is 4. The molecule has 2 aliphatic carbocycles. The van der Waals surface area contributed by atoms with E-state index in [4.69, 9.17) is 4.74 Å². The molecule has 1 aliphatic heterocycles. The molecule has 3 nitrogen and oxygen atoms in total. The van der Waals surface area contributed by atoms with Gasteiger partial charge in [-0.05, 0) is 79.2 Å². The first-order chi connectivity index (χ1) is 13.5. The quantitative estimate of drug-likeness (QED) is 0.813. The van der Waals surface area contributed by atoms with Crippen LogP contribution < -0.4 is 0 Å². The van der Waals surface area contributed by atoms with Crippen molar-refractivity contribution in [2.45, 2.75) is 77.6 Å². The van der Waals surface area contributed by atoms with Crippen LogP contribution in [0.1, 0.15) is 67.0 Å². The number of fused-ring (bicyclic) bond motifs is 1. The second-order valence-corrected chi connectivity index (χ2v) is 9.11. The Bertz CT molecular complexity index is 791. The van der Waals surface area contributed by atoms with Crippen molar-refractivity contribution < 1.29 is 14.9 Å². The summed E-state index contributed by atoms with van der Waals surface area (Å²) in [7, 11) is 0. The van der Waals surface area contributed by atoms with Crippen LogP contribution in [0.2, 0.25) is 0 Å². The van der Waals surface area contributed by atoms with Crippen LogP contribution >= 0.6 is 0 Å². The maximum atomic E-state index is 10.3. The van der Waals surface area contributed by atoms with E-state index < -0.39 is 6.10 Å². The molecular weight excluding hydrogens is 348 g/mol. The third-order valence-corrected chi connectivity index (χ3v) is 7.01. The normalized spacial score (nSPS) is 32.3. The Morgan fingerprint density at radius 2 is 1.93 bits per heavy atom. The third kappa shape index (κ3) is 3.85. The molecule has 3 heteroatoms. The number of aliphatic hydroxyl groups excluding tert-OH is 2. The summed E-state index contributed by atoms with van der Waals surface area (Å²) in [5.41, 5.74) is 8.46. The minimum Gasteiger partial charge on any atom is -0.394 e. The van der Waals surface area contributed by atoms with Gasteiger partial charge < -0.3 is 14.9 Å². The highest BCUT2D eigenvalue weighted by molar-refractivity contribution is 5.49. The van der Waals surface area contributed by atoms with Crippen LogP contribution in [-0.2, 0) is 24.0 Å². The summed E-state index contributed by atoms with van der Waals surface area (Å²) in [5, 5.41) is 19.9. The van der Waals surface area contributed by atoms with Crippen LogP contribution in [0, 0.1) is 18.8 Å². The van der Waals surface area contributed by atoms with Gasteiger partial charge in [-0.1, -0.05) is 36.8 Å². The maximum absolute atomic E-state index is 10.3. The molecule has 3 aliphatic rings. The highest BCUT2D eigenvalue weighted by Gasteiger charge is 2.32. The van der Waals surface area contributed by atoms with Gasteiger partial charge in [0.25, 0.3) is 0 Å². The lowest BCUT2D eigenvalue weighted by Gasteiger charge is -2.34. The number of benzene rings is 1. The van der Waals surface area contributed by atoms with Gasteiger partial charge in [-0.15, -0.1) is 0 Å². The molecule has 5 atom stereocenters. The van der Waals surface area contributed by atoms with Crippen molar-refractivity contribution in [1.29, 1.82) is 0 Å². The summed E-state index contributed by atoms with van der Waals surface area (Å²) < 4.78 is 6.18. The van der Waals surface area contributed by atoms with Gasteiger partial charge in [-0.2, -0.15) is 0 Å². The van der Waals surface area contributed by atoms with E-state index >= 15 is 0 Å². The highest BCUT2D eigenvalue weighted by Crippen LogP contribution is 2.40. The zero-order valence-electron chi connectivity index (χ0n) is 17.4. The molecule has 0 aromatic heterocycles. The van der Waals surface area contributed by atoms with Gasteiger partial charge in [0.2, 0.25) is 0 Å². The van der Waals surface area contributed by atoms with E-state index in [2.05, 4.69) is 45.1 Å². The fraction of sp³-hybridized carbons (Fsp3) is 0.600. The van der Waals surface area contributed by atoms with Crippen molar-refractivity contribution in [3.63, 3.8) is 0 Å². The van der Waals surface area contributed by atoms with E-state index in [0.717, 1.165) is 12.8 Å². The first kappa shape index (κ1) is 19.9. The van der Waals surface area contributed by atoms with Crippen molar-refractivity contribution in [2.75, 3.05) is 6.61 Å². The molecule has 0 amide bonds. The van der Waals surface area contributed by atoms with Crippen LogP contribution in [0.15, 0.2) is 29.9 Å². The molecule has 2 unspecified atom stereocenters. The molecule has 1 fully saturated rings. The minimum atomic E-state index is -0.401. The molecule has 1 aromatic rings. The van der Waals surface area contributed by atoms with Crippen LogP contribution in [0.5, 0.6) is 0 Å². The predicted octanol–water partition coefficient (Wildman–Crippen LogP) is 4.37. The van der Waals surface area contributed by atoms with E-state index in [-0.39, 0.29) is 18.8 Å². The molecule has 1 heterocycles. The molecule has 1 aromatic carbocycles. The second-order valence-electron chi connectivity index (χ2n) is 9.11. The molecule has 28 heavy (non-hydrogen) atoms. The minimum absolute atomic E-state index is 0.0273. The topological polar surface area (TPSA) is 49.7 Å². The summed E-state index contributed by atoms with van der Waals surface area (Å²) >= 11 is 0. The lowest BCUT2D eigenvalue weighted by Crippen LogP contribution is -2.34. The van der Waals surface area contributed by atoms with Crippen molar-refractivity contribution >= 4 is 0 Å². The Balaban J connectivity index is 1.67. The Hall–Kier alpha value is -1.42. The van der Waals surface area contributed by atoms with E-state index in [9.17, 15) is 10.2 Å². The fourth-order valence-corrected chi connectivity index (χ4v) is 5.45. The van der Waals surface area contributed by atoms with Crippen molar-refractivity contribution in [3.8, 4) is 0 Å². The molecule has 1 saturated heterocycles. The summed E-state index contributed by atoms with van der Waals surface area (Å²) in [5.74, 6) is 1.09. The molecule has 152 valence electrons. The summed E-state index contributed by atoms with van der Waals surface area (Å²) in [6.45, 7) is 6.69. The second kappa shape index (κ2) is 8.14. The Labute approximate surface area is 169 Å². The van der Waals surface area contributed by atoms with E-state index in [0.29, 0.717) is 24.7 Å². The van der Waals surface area contributed by atoms with Gasteiger partial charge in [0, 0.05) is 12.8 Å². The van der Waals surface area contributed by atoms with Crippen LogP contribution in [0.3, 0.4) is 0 Å². The zero-order valence-corrected chi connectivity index (χ0v) is 17.4. The molecule has 0 saturated carbocycles. The largest absolute Gasteiger partial charge is 0.394 e. The van der Waals surface area contributed by atoms with Gasteiger partial charge in [0.1, 0.15) is 0 Å². The van der Waals surface area contributed by atoms with Crippen molar-refractivity contribution in [1.82, 2.24) is 0 Å². The molecule has 0 spiro atoms. The number of hydrogen-bond donors (Lipinski definition) is 2. The summed E-state index contributed by atoms with van der Waals surface area (Å²) in [4.78, 5) is 0. The summed E-state index contributed by atoms with van der Waals surface area (Å²) in [6.07, 6.45) is 12.0. The van der Waals surface area contributed by atoms with Crippen molar-refractivity contribution in [3.05, 3.63) is 57.7 Å². The van der Waals surface area contributed by atoms with Gasteiger partial charge in [-0.3, -0.25) is 0 Å². The fourth-order valence-electron chi connectivity index (χ4n) is 5.45. The van der Waals surface area contributed by atoms with E-state index in [1.165, 1.54) is 40.7 Å². The van der Waals surface area contributed by atoms with Crippen molar-refractivity contribution in [2.24, 2.45) is 11.8 Å². The molecule has 0 radical (unpaired) electrons. The lowest BCUT2D eigenvalue weighted by molar-refractivity contribution is -0.114. The first-order valence-corrected chi connectivity index (χ1v) is 10.9. The van der Waals surface area contributed by atoms with E-state index in [1.54, 1.807) is 5.56 Å². The smallest absolute Gasteiger partial charge is 0.0857 e. The van der Waals surface area contributed by atoms with Crippen LogP contribution in [0.25, 0.3) is 0 Å². The number of rotatable bonds is 4. The monoisotopic (exact) mass is 382 g/mol. The van der Waals surface area contributed by atoms with Gasteiger partial charge in [0.05, 0.1) is 24.9 Å². The maximum Gasteiger partial charge on any atom is 0.0857 e. The SMILES string of the molecule is CC1=CC(C)C(Cc2cc([C@H]3C[C@@H](O)C[C@@H](CO)O3)c(C)c3c2CCC3)C=C1. The van der Waals surface area contributed by atoms with Crippen LogP contribution in [0.4, 0.5) is 0 Å². The average molecular weight is 383 g/mol. The van der Waals surface area contributed by atoms with Gasteiger partial charge in [-0.25, -0.2) is 0 Å². The molecule has 0 bridgehead atoms. The zero-order chi connectivity index (χ0) is 19.8. The number of hydrogen-bond acceptors (Lipinski definition) is 3. The Morgan fingerprint density at radius 3 is 2.68 bits per heavy atom. The van der Waals surface area contributed by atoms with Gasteiger partial charge in [0.15, 0.2) is 0 Å². The summed E-state index contributed by atoms with van der Waals surface area (Å²) in [6, 6.07) is 2.36. The average Bonchev–Trinajstić information content (AvgIpc) is 3.16. The number of aliphatic hydroxyl groups is 2. The standard InChI is InChI=1S/C25H34O3/c1-15-7-8-18(16(2)9-15)10-19-11-24(17(3)22-5-4-6-23(19)22)25-13-20(27)12-21(14-26)28-25/h7-9,11,16,18,20-21,25-27H,4-6,10,12-14H2,1-3H3/t16?,18?,20-,21-,25+/m0/s1. The van der Waals surface area contributed by atoms with E-state index in [1.807, 2.05) is 0 Å².